The Labute approximate surface area is 152 Å². The molecule has 0 radical (unpaired) electrons. The fourth-order valence-electron chi connectivity index (χ4n) is 2.69. The van der Waals surface area contributed by atoms with Crippen LogP contribution >= 0.6 is 0 Å². The van der Waals surface area contributed by atoms with E-state index in [1.165, 1.54) is 0 Å². The van der Waals surface area contributed by atoms with Crippen molar-refractivity contribution in [2.45, 2.75) is 18.7 Å². The van der Waals surface area contributed by atoms with Gasteiger partial charge in [-0.25, -0.2) is 8.42 Å². The summed E-state index contributed by atoms with van der Waals surface area (Å²) in [6, 6.07) is 3.23. The molecule has 2 aromatic rings. The van der Waals surface area contributed by atoms with E-state index >= 15 is 0 Å². The molecule has 1 saturated heterocycles. The van der Waals surface area contributed by atoms with Crippen molar-refractivity contribution >= 4 is 21.7 Å². The van der Waals surface area contributed by atoms with Crippen molar-refractivity contribution < 1.29 is 17.7 Å². The van der Waals surface area contributed by atoms with Crippen molar-refractivity contribution in [2.24, 2.45) is 0 Å². The molecule has 0 spiro atoms. The van der Waals surface area contributed by atoms with E-state index in [1.54, 1.807) is 26.0 Å². The molecule has 2 N–H and O–H groups in total. The minimum absolute atomic E-state index is 0.0204. The van der Waals surface area contributed by atoms with Crippen LogP contribution in [0.2, 0.25) is 0 Å². The summed E-state index contributed by atoms with van der Waals surface area (Å²) in [5.74, 6) is 0.937. The molecule has 10 nitrogen and oxygen atoms in total. The van der Waals surface area contributed by atoms with Crippen LogP contribution in [0.3, 0.4) is 0 Å². The topological polar surface area (TPSA) is 122 Å². The number of aryl methyl sites for hydroxylation is 2. The van der Waals surface area contributed by atoms with Gasteiger partial charge in [0.2, 0.25) is 0 Å². The third-order valence-corrected chi connectivity index (χ3v) is 5.58. The van der Waals surface area contributed by atoms with Gasteiger partial charge in [-0.3, -0.25) is 9.62 Å². The maximum absolute atomic E-state index is 12.4. The first-order chi connectivity index (χ1) is 12.5. The molecule has 0 aliphatic carbocycles. The Morgan fingerprint density at radius 3 is 2.46 bits per heavy atom. The van der Waals surface area contributed by atoms with Gasteiger partial charge in [-0.2, -0.15) is 0 Å². The number of ether oxygens (including phenoxy) is 1. The molecule has 0 saturated carbocycles. The summed E-state index contributed by atoms with van der Waals surface area (Å²) in [6.45, 7) is 8.09. The Hall–Kier alpha value is -2.24. The van der Waals surface area contributed by atoms with Crippen LogP contribution in [0.15, 0.2) is 21.6 Å². The number of hydrogen-bond donors (Lipinski definition) is 2. The molecule has 0 unspecified atom stereocenters. The summed E-state index contributed by atoms with van der Waals surface area (Å²) in [5, 5.41) is 14.7. The van der Waals surface area contributed by atoms with Crippen molar-refractivity contribution in [1.82, 2.24) is 20.3 Å². The Balaban J connectivity index is 1.55. The normalized spacial score (nSPS) is 15.8. The standard InChI is InChI=1S/C15H22N6O4S/c1-11-15(12(2)25-19-11)26(22,23)20-14-4-3-13(17-18-14)16-5-6-21-7-9-24-10-8-21/h3-4H,5-10H2,1-2H3,(H,16,17)(H,18,20). The average Bonchev–Trinajstić information content (AvgIpc) is 2.96. The third kappa shape index (κ3) is 4.48. The molecule has 0 amide bonds. The van der Waals surface area contributed by atoms with Crippen LogP contribution in [0.25, 0.3) is 0 Å². The Morgan fingerprint density at radius 2 is 1.85 bits per heavy atom. The lowest BCUT2D eigenvalue weighted by molar-refractivity contribution is 0.0398. The number of anilines is 2. The van der Waals surface area contributed by atoms with Gasteiger partial charge in [-0.05, 0) is 26.0 Å². The summed E-state index contributed by atoms with van der Waals surface area (Å²) in [5.41, 5.74) is 0.296. The highest BCUT2D eigenvalue weighted by Crippen LogP contribution is 2.21. The van der Waals surface area contributed by atoms with E-state index in [0.717, 1.165) is 39.4 Å². The highest BCUT2D eigenvalue weighted by atomic mass is 32.2. The molecule has 1 aliphatic heterocycles. The van der Waals surface area contributed by atoms with Crippen LogP contribution in [0.4, 0.5) is 11.6 Å². The average molecular weight is 382 g/mol. The van der Waals surface area contributed by atoms with Crippen LogP contribution in [0, 0.1) is 13.8 Å². The number of morpholine rings is 1. The van der Waals surface area contributed by atoms with Crippen molar-refractivity contribution in [3.8, 4) is 0 Å². The van der Waals surface area contributed by atoms with Gasteiger partial charge in [-0.15, -0.1) is 10.2 Å². The third-order valence-electron chi connectivity index (χ3n) is 3.98. The van der Waals surface area contributed by atoms with Gasteiger partial charge >= 0.3 is 0 Å². The van der Waals surface area contributed by atoms with Crippen LogP contribution in [0.1, 0.15) is 11.5 Å². The van der Waals surface area contributed by atoms with E-state index in [1.807, 2.05) is 0 Å². The molecule has 26 heavy (non-hydrogen) atoms. The van der Waals surface area contributed by atoms with E-state index < -0.39 is 10.0 Å². The van der Waals surface area contributed by atoms with Crippen LogP contribution in [-0.4, -0.2) is 68.1 Å². The quantitative estimate of drug-likeness (QED) is 0.709. The van der Waals surface area contributed by atoms with Crippen molar-refractivity contribution in [2.75, 3.05) is 49.4 Å². The van der Waals surface area contributed by atoms with Crippen molar-refractivity contribution in [3.63, 3.8) is 0 Å². The number of rotatable bonds is 7. The molecule has 2 aromatic heterocycles. The second-order valence-electron chi connectivity index (χ2n) is 5.94. The fraction of sp³-hybridized carbons (Fsp3) is 0.533. The molecular formula is C15H22N6O4S. The smallest absolute Gasteiger partial charge is 0.268 e. The molecular weight excluding hydrogens is 360 g/mol. The Kier molecular flexibility index (Phi) is 5.69. The van der Waals surface area contributed by atoms with Gasteiger partial charge in [0.1, 0.15) is 11.5 Å². The van der Waals surface area contributed by atoms with Crippen LogP contribution in [0.5, 0.6) is 0 Å². The maximum atomic E-state index is 12.4. The number of aromatic nitrogens is 3. The highest BCUT2D eigenvalue weighted by molar-refractivity contribution is 7.92. The molecule has 3 rings (SSSR count). The number of nitrogens with zero attached hydrogens (tertiary/aromatic N) is 4. The van der Waals surface area contributed by atoms with Gasteiger partial charge in [0.25, 0.3) is 10.0 Å². The van der Waals surface area contributed by atoms with E-state index in [0.29, 0.717) is 11.5 Å². The van der Waals surface area contributed by atoms with E-state index in [2.05, 4.69) is 30.3 Å². The van der Waals surface area contributed by atoms with Gasteiger partial charge < -0.3 is 14.6 Å². The zero-order valence-electron chi connectivity index (χ0n) is 14.7. The lowest BCUT2D eigenvalue weighted by Gasteiger charge is -2.26. The molecule has 11 heteroatoms. The van der Waals surface area contributed by atoms with Crippen LogP contribution in [-0.2, 0) is 14.8 Å². The molecule has 1 aliphatic rings. The molecule has 0 atom stereocenters. The van der Waals surface area contributed by atoms with Crippen molar-refractivity contribution in [3.05, 3.63) is 23.6 Å². The second-order valence-corrected chi connectivity index (χ2v) is 7.56. The van der Waals surface area contributed by atoms with Crippen LogP contribution < -0.4 is 10.0 Å². The first kappa shape index (κ1) is 18.5. The second kappa shape index (κ2) is 7.98. The Bertz CT molecular complexity index is 811. The lowest BCUT2D eigenvalue weighted by Crippen LogP contribution is -2.39. The molecule has 1 fully saturated rings. The number of nitrogens with one attached hydrogen (secondary N) is 2. The molecule has 142 valence electrons. The van der Waals surface area contributed by atoms with Gasteiger partial charge in [0.15, 0.2) is 16.5 Å². The minimum Gasteiger partial charge on any atom is -0.379 e. The minimum atomic E-state index is -3.82. The Morgan fingerprint density at radius 1 is 1.15 bits per heavy atom. The zero-order chi connectivity index (χ0) is 18.6. The molecule has 0 aromatic carbocycles. The van der Waals surface area contributed by atoms with Crippen molar-refractivity contribution in [1.29, 1.82) is 0 Å². The lowest BCUT2D eigenvalue weighted by atomic mass is 10.4. The number of hydrogen-bond acceptors (Lipinski definition) is 9. The first-order valence-electron chi connectivity index (χ1n) is 8.29. The van der Waals surface area contributed by atoms with Gasteiger partial charge in [-0.1, -0.05) is 5.16 Å². The summed E-state index contributed by atoms with van der Waals surface area (Å²) in [4.78, 5) is 2.32. The van der Waals surface area contributed by atoms with E-state index in [-0.39, 0.29) is 16.5 Å². The van der Waals surface area contributed by atoms with Gasteiger partial charge in [0.05, 0.1) is 13.2 Å². The predicted octanol–water partition coefficient (Wildman–Crippen LogP) is 0.626. The molecule has 3 heterocycles. The maximum Gasteiger partial charge on any atom is 0.268 e. The zero-order valence-corrected chi connectivity index (χ0v) is 15.5. The predicted molar refractivity (Wildman–Crippen MR) is 94.6 cm³/mol. The van der Waals surface area contributed by atoms with E-state index in [4.69, 9.17) is 9.26 Å². The summed E-state index contributed by atoms with van der Waals surface area (Å²) >= 11 is 0. The largest absolute Gasteiger partial charge is 0.379 e. The summed E-state index contributed by atoms with van der Waals surface area (Å²) < 4.78 is 37.5. The van der Waals surface area contributed by atoms with E-state index in [9.17, 15) is 8.42 Å². The summed E-state index contributed by atoms with van der Waals surface area (Å²) in [7, 11) is -3.82. The molecule has 0 bridgehead atoms. The fourth-order valence-corrected chi connectivity index (χ4v) is 4.02. The van der Waals surface area contributed by atoms with Gasteiger partial charge in [0, 0.05) is 26.2 Å². The SMILES string of the molecule is Cc1noc(C)c1S(=O)(=O)Nc1ccc(NCCN2CCOCC2)nn1. The number of sulfonamides is 1. The highest BCUT2D eigenvalue weighted by Gasteiger charge is 2.24. The summed E-state index contributed by atoms with van der Waals surface area (Å²) in [6.07, 6.45) is 0. The first-order valence-corrected chi connectivity index (χ1v) is 9.77. The monoisotopic (exact) mass is 382 g/mol.